The van der Waals surface area contributed by atoms with E-state index in [9.17, 15) is 4.79 Å². The lowest BCUT2D eigenvalue weighted by molar-refractivity contribution is 0.102. The minimum absolute atomic E-state index is 0.236. The van der Waals surface area contributed by atoms with Crippen molar-refractivity contribution in [3.05, 3.63) is 82.4 Å². The summed E-state index contributed by atoms with van der Waals surface area (Å²) in [5.74, 6) is 1.78. The molecule has 5 nitrogen and oxygen atoms in total. The molecule has 0 aliphatic carbocycles. The van der Waals surface area contributed by atoms with Crippen molar-refractivity contribution in [3.63, 3.8) is 0 Å². The summed E-state index contributed by atoms with van der Waals surface area (Å²) < 4.78 is 16.5. The number of benzene rings is 3. The highest BCUT2D eigenvalue weighted by Crippen LogP contribution is 2.26. The van der Waals surface area contributed by atoms with Gasteiger partial charge in [0.25, 0.3) is 5.91 Å². The molecule has 0 saturated heterocycles. The zero-order valence-corrected chi connectivity index (χ0v) is 17.2. The second-order valence-corrected chi connectivity index (χ2v) is 6.84. The van der Waals surface area contributed by atoms with Gasteiger partial charge in [-0.15, -0.1) is 0 Å². The number of anilines is 1. The summed E-state index contributed by atoms with van der Waals surface area (Å²) in [5, 5.41) is 3.46. The Balaban J connectivity index is 1.78. The fraction of sp³-hybridized carbons (Fsp3) is 0.174. The molecule has 29 heavy (non-hydrogen) atoms. The first-order valence-electron chi connectivity index (χ1n) is 9.01. The van der Waals surface area contributed by atoms with Crippen LogP contribution in [0.2, 0.25) is 5.02 Å². The average molecular weight is 412 g/mol. The van der Waals surface area contributed by atoms with Crippen LogP contribution in [0.1, 0.15) is 21.5 Å². The van der Waals surface area contributed by atoms with Crippen molar-refractivity contribution in [1.29, 1.82) is 0 Å². The number of hydrogen-bond acceptors (Lipinski definition) is 4. The van der Waals surface area contributed by atoms with Crippen LogP contribution in [0.4, 0.5) is 5.69 Å². The minimum atomic E-state index is -0.236. The Morgan fingerprint density at radius 1 is 0.966 bits per heavy atom. The van der Waals surface area contributed by atoms with E-state index in [-0.39, 0.29) is 12.5 Å². The highest BCUT2D eigenvalue weighted by atomic mass is 35.5. The third kappa shape index (κ3) is 5.21. The summed E-state index contributed by atoms with van der Waals surface area (Å²) in [6.45, 7) is 2.15. The Kier molecular flexibility index (Phi) is 6.62. The number of ether oxygens (including phenoxy) is 3. The molecule has 3 rings (SSSR count). The summed E-state index contributed by atoms with van der Waals surface area (Å²) in [6, 6.07) is 17.9. The van der Waals surface area contributed by atoms with Gasteiger partial charge in [-0.05, 0) is 55.0 Å². The number of aryl methyl sites for hydroxylation is 1. The van der Waals surface area contributed by atoms with Crippen LogP contribution in [-0.4, -0.2) is 20.1 Å². The van der Waals surface area contributed by atoms with E-state index in [0.717, 1.165) is 11.1 Å². The van der Waals surface area contributed by atoms with Gasteiger partial charge < -0.3 is 19.5 Å². The molecule has 1 N–H and O–H groups in total. The van der Waals surface area contributed by atoms with Crippen LogP contribution in [-0.2, 0) is 6.61 Å². The van der Waals surface area contributed by atoms with Gasteiger partial charge in [0.15, 0.2) is 0 Å². The summed E-state index contributed by atoms with van der Waals surface area (Å²) in [7, 11) is 3.19. The molecule has 0 aromatic heterocycles. The number of amides is 1. The molecule has 0 aliphatic heterocycles. The molecule has 6 heteroatoms. The van der Waals surface area contributed by atoms with Crippen molar-refractivity contribution in [2.75, 3.05) is 19.5 Å². The number of nitrogens with one attached hydrogen (secondary N) is 1. The lowest BCUT2D eigenvalue weighted by atomic mass is 10.1. The largest absolute Gasteiger partial charge is 0.497 e. The Morgan fingerprint density at radius 2 is 1.76 bits per heavy atom. The maximum absolute atomic E-state index is 12.7. The van der Waals surface area contributed by atoms with E-state index >= 15 is 0 Å². The number of carbonyl (C=O) groups is 1. The van der Waals surface area contributed by atoms with E-state index in [1.165, 1.54) is 0 Å². The van der Waals surface area contributed by atoms with Gasteiger partial charge in [0.1, 0.15) is 23.9 Å². The molecular formula is C23H22ClNO4. The lowest BCUT2D eigenvalue weighted by Gasteiger charge is -2.13. The Morgan fingerprint density at radius 3 is 2.52 bits per heavy atom. The van der Waals surface area contributed by atoms with Gasteiger partial charge in [-0.25, -0.2) is 0 Å². The number of hydrogen-bond donors (Lipinski definition) is 1. The number of carbonyl (C=O) groups excluding carboxylic acids is 1. The van der Waals surface area contributed by atoms with E-state index in [2.05, 4.69) is 5.32 Å². The van der Waals surface area contributed by atoms with E-state index in [1.54, 1.807) is 50.6 Å². The second kappa shape index (κ2) is 9.34. The van der Waals surface area contributed by atoms with E-state index in [1.807, 2.05) is 31.2 Å². The third-order valence-corrected chi connectivity index (χ3v) is 4.66. The highest BCUT2D eigenvalue weighted by molar-refractivity contribution is 6.31. The smallest absolute Gasteiger partial charge is 0.255 e. The first-order valence-corrected chi connectivity index (χ1v) is 9.39. The maximum Gasteiger partial charge on any atom is 0.255 e. The molecule has 0 spiro atoms. The van der Waals surface area contributed by atoms with Gasteiger partial charge in [0, 0.05) is 27.9 Å². The predicted molar refractivity (Wildman–Crippen MR) is 114 cm³/mol. The fourth-order valence-electron chi connectivity index (χ4n) is 2.81. The Labute approximate surface area is 175 Å². The zero-order chi connectivity index (χ0) is 20.8. The standard InChI is InChI=1S/C23H22ClNO4/c1-15-7-9-18(24)12-21(15)25-23(26)16-8-10-22(28-3)17(11-16)14-29-20-6-4-5-19(13-20)27-2/h4-13H,14H2,1-3H3,(H,25,26). The normalized spacial score (nSPS) is 10.3. The number of rotatable bonds is 7. The van der Waals surface area contributed by atoms with Crippen molar-refractivity contribution >= 4 is 23.2 Å². The van der Waals surface area contributed by atoms with Crippen molar-refractivity contribution < 1.29 is 19.0 Å². The lowest BCUT2D eigenvalue weighted by Crippen LogP contribution is -2.13. The van der Waals surface area contributed by atoms with Crippen LogP contribution < -0.4 is 19.5 Å². The molecule has 0 saturated carbocycles. The molecule has 0 radical (unpaired) electrons. The SMILES string of the molecule is COc1cccc(OCc2cc(C(=O)Nc3cc(Cl)ccc3C)ccc2OC)c1. The van der Waals surface area contributed by atoms with Gasteiger partial charge >= 0.3 is 0 Å². The third-order valence-electron chi connectivity index (χ3n) is 4.43. The van der Waals surface area contributed by atoms with Crippen LogP contribution in [0.3, 0.4) is 0 Å². The minimum Gasteiger partial charge on any atom is -0.497 e. The molecule has 0 atom stereocenters. The van der Waals surface area contributed by atoms with E-state index in [0.29, 0.717) is 33.5 Å². The molecular weight excluding hydrogens is 390 g/mol. The second-order valence-electron chi connectivity index (χ2n) is 6.41. The average Bonchev–Trinajstić information content (AvgIpc) is 2.74. The molecule has 0 heterocycles. The van der Waals surface area contributed by atoms with Crippen molar-refractivity contribution in [1.82, 2.24) is 0 Å². The van der Waals surface area contributed by atoms with E-state index < -0.39 is 0 Å². The molecule has 3 aromatic rings. The van der Waals surface area contributed by atoms with Gasteiger partial charge in [-0.1, -0.05) is 23.7 Å². The molecule has 0 bridgehead atoms. The van der Waals surface area contributed by atoms with Gasteiger partial charge in [0.2, 0.25) is 0 Å². The van der Waals surface area contributed by atoms with Crippen LogP contribution in [0.5, 0.6) is 17.2 Å². The highest BCUT2D eigenvalue weighted by Gasteiger charge is 2.13. The molecule has 150 valence electrons. The molecule has 1 amide bonds. The summed E-state index contributed by atoms with van der Waals surface area (Å²) in [4.78, 5) is 12.7. The Bertz CT molecular complexity index is 1020. The number of halogens is 1. The van der Waals surface area contributed by atoms with Crippen LogP contribution >= 0.6 is 11.6 Å². The van der Waals surface area contributed by atoms with Crippen molar-refractivity contribution in [2.24, 2.45) is 0 Å². The summed E-state index contributed by atoms with van der Waals surface area (Å²) in [5.41, 5.74) is 2.85. The predicted octanol–water partition coefficient (Wildman–Crippen LogP) is 5.50. The molecule has 3 aromatic carbocycles. The molecule has 0 unspecified atom stereocenters. The van der Waals surface area contributed by atoms with Gasteiger partial charge in [0.05, 0.1) is 14.2 Å². The fourth-order valence-corrected chi connectivity index (χ4v) is 2.98. The summed E-state index contributed by atoms with van der Waals surface area (Å²) >= 11 is 6.04. The van der Waals surface area contributed by atoms with Gasteiger partial charge in [-0.3, -0.25) is 4.79 Å². The van der Waals surface area contributed by atoms with E-state index in [4.69, 9.17) is 25.8 Å². The summed E-state index contributed by atoms with van der Waals surface area (Å²) in [6.07, 6.45) is 0. The Hall–Kier alpha value is -3.18. The quantitative estimate of drug-likeness (QED) is 0.558. The van der Waals surface area contributed by atoms with Gasteiger partial charge in [-0.2, -0.15) is 0 Å². The zero-order valence-electron chi connectivity index (χ0n) is 16.5. The van der Waals surface area contributed by atoms with Crippen molar-refractivity contribution in [2.45, 2.75) is 13.5 Å². The van der Waals surface area contributed by atoms with Crippen LogP contribution in [0.25, 0.3) is 0 Å². The number of methoxy groups -OCH3 is 2. The monoisotopic (exact) mass is 411 g/mol. The topological polar surface area (TPSA) is 56.8 Å². The van der Waals surface area contributed by atoms with Crippen molar-refractivity contribution in [3.8, 4) is 17.2 Å². The maximum atomic E-state index is 12.7. The van der Waals surface area contributed by atoms with Crippen LogP contribution in [0.15, 0.2) is 60.7 Å². The first kappa shape index (κ1) is 20.6. The molecule has 0 fully saturated rings. The first-order chi connectivity index (χ1) is 14.0. The van der Waals surface area contributed by atoms with Crippen LogP contribution in [0, 0.1) is 6.92 Å². The molecule has 0 aliphatic rings.